The third kappa shape index (κ3) is 8.78. The molecule has 0 saturated heterocycles. The first kappa shape index (κ1) is 27.4. The van der Waals surface area contributed by atoms with Crippen molar-refractivity contribution in [1.29, 1.82) is 5.26 Å². The molecule has 0 radical (unpaired) electrons. The van der Waals surface area contributed by atoms with Crippen LogP contribution in [0.1, 0.15) is 43.4 Å². The van der Waals surface area contributed by atoms with E-state index in [4.69, 9.17) is 14.0 Å². The minimum Gasteiger partial charge on any atom is -0.490 e. The number of aryl methyl sites for hydroxylation is 1. The number of nitriles is 1. The molecule has 0 saturated carbocycles. The van der Waals surface area contributed by atoms with E-state index in [1.807, 2.05) is 44.2 Å². The summed E-state index contributed by atoms with van der Waals surface area (Å²) in [6.07, 6.45) is 4.08. The predicted octanol–water partition coefficient (Wildman–Crippen LogP) is 5.80. The number of nitrogens with one attached hydrogen (secondary N) is 2. The summed E-state index contributed by atoms with van der Waals surface area (Å²) in [7, 11) is -2.53. The van der Waals surface area contributed by atoms with E-state index < -0.39 is 8.25 Å². The Balaban J connectivity index is 1.55. The van der Waals surface area contributed by atoms with E-state index in [0.717, 1.165) is 47.5 Å². The molecule has 1 aromatic heterocycles. The van der Waals surface area contributed by atoms with Gasteiger partial charge in [0.1, 0.15) is 24.2 Å². The Morgan fingerprint density at radius 2 is 1.94 bits per heavy atom. The van der Waals surface area contributed by atoms with Gasteiger partial charge in [-0.25, -0.2) is 0 Å². The van der Waals surface area contributed by atoms with Gasteiger partial charge in [-0.05, 0) is 87.2 Å². The van der Waals surface area contributed by atoms with Crippen LogP contribution in [0, 0.1) is 11.3 Å². The first-order valence-corrected chi connectivity index (χ1v) is 13.2. The number of rotatable bonds is 15. The molecule has 0 aliphatic rings. The Morgan fingerprint density at radius 3 is 2.67 bits per heavy atom. The van der Waals surface area contributed by atoms with Crippen LogP contribution in [0.2, 0.25) is 0 Å². The van der Waals surface area contributed by atoms with Crippen molar-refractivity contribution in [2.75, 3.05) is 25.0 Å². The number of hydrogen-bond donors (Lipinski definition) is 3. The predicted molar refractivity (Wildman–Crippen MR) is 140 cm³/mol. The van der Waals surface area contributed by atoms with Crippen molar-refractivity contribution in [2.45, 2.75) is 45.8 Å². The Bertz CT molecular complexity index is 1160. The van der Waals surface area contributed by atoms with Crippen molar-refractivity contribution < 1.29 is 23.1 Å². The largest absolute Gasteiger partial charge is 0.694 e. The van der Waals surface area contributed by atoms with Crippen molar-refractivity contribution in [3.63, 3.8) is 0 Å². The Hall–Kier alpha value is -3.21. The molecule has 0 fully saturated rings. The van der Waals surface area contributed by atoms with E-state index in [9.17, 15) is 9.83 Å². The zero-order valence-electron chi connectivity index (χ0n) is 20.7. The molecule has 0 spiro atoms. The van der Waals surface area contributed by atoms with Crippen LogP contribution in [-0.2, 0) is 22.1 Å². The lowest BCUT2D eigenvalue weighted by atomic mass is 10.0. The average Bonchev–Trinajstić information content (AvgIpc) is 3.39. The van der Waals surface area contributed by atoms with Gasteiger partial charge in [-0.15, -0.1) is 9.42 Å². The maximum Gasteiger partial charge on any atom is 0.694 e. The normalized spacial score (nSPS) is 11.4. The first-order valence-electron chi connectivity index (χ1n) is 12.1. The molecule has 1 atom stereocenters. The van der Waals surface area contributed by atoms with Crippen molar-refractivity contribution in [2.24, 2.45) is 0 Å². The number of ether oxygens (including phenoxy) is 1. The fourth-order valence-electron chi connectivity index (χ4n) is 3.76. The van der Waals surface area contributed by atoms with Gasteiger partial charge in [0.05, 0.1) is 17.9 Å². The second kappa shape index (κ2) is 14.4. The summed E-state index contributed by atoms with van der Waals surface area (Å²) in [5.41, 5.74) is 4.76. The summed E-state index contributed by atoms with van der Waals surface area (Å²) < 4.78 is 26.6. The van der Waals surface area contributed by atoms with E-state index in [2.05, 4.69) is 39.4 Å². The van der Waals surface area contributed by atoms with Gasteiger partial charge in [0, 0.05) is 28.9 Å². The molecular formula is C27H33N3O5P+. The van der Waals surface area contributed by atoms with Crippen LogP contribution in [0.5, 0.6) is 5.75 Å². The van der Waals surface area contributed by atoms with Crippen molar-refractivity contribution in [1.82, 2.24) is 5.32 Å². The second-order valence-corrected chi connectivity index (χ2v) is 9.33. The lowest BCUT2D eigenvalue weighted by Gasteiger charge is -2.14. The van der Waals surface area contributed by atoms with Gasteiger partial charge in [-0.3, -0.25) is 0 Å². The summed E-state index contributed by atoms with van der Waals surface area (Å²) >= 11 is 0. The zero-order chi connectivity index (χ0) is 25.8. The molecule has 0 amide bonds. The van der Waals surface area contributed by atoms with E-state index in [1.165, 1.54) is 0 Å². The molecule has 3 N–H and O–H groups in total. The number of anilines is 1. The van der Waals surface area contributed by atoms with Gasteiger partial charge >= 0.3 is 8.25 Å². The number of benzene rings is 2. The maximum atomic E-state index is 10.5. The molecule has 0 aliphatic carbocycles. The second-order valence-electron chi connectivity index (χ2n) is 8.60. The third-order valence-electron chi connectivity index (χ3n) is 5.38. The first-order chi connectivity index (χ1) is 17.5. The van der Waals surface area contributed by atoms with E-state index in [1.54, 1.807) is 6.26 Å². The highest BCUT2D eigenvalue weighted by atomic mass is 31.1. The van der Waals surface area contributed by atoms with E-state index in [0.29, 0.717) is 30.8 Å². The van der Waals surface area contributed by atoms with Crippen molar-refractivity contribution in [3.8, 4) is 23.1 Å². The molecule has 9 heteroatoms. The summed E-state index contributed by atoms with van der Waals surface area (Å²) in [5.74, 6) is 1.42. The number of nitrogens with zero attached hydrogens (tertiary/aromatic N) is 1. The van der Waals surface area contributed by atoms with Crippen LogP contribution >= 0.6 is 8.25 Å². The smallest absolute Gasteiger partial charge is 0.490 e. The van der Waals surface area contributed by atoms with Gasteiger partial charge in [-0.1, -0.05) is 12.1 Å². The summed E-state index contributed by atoms with van der Waals surface area (Å²) in [5, 5.41) is 16.3. The van der Waals surface area contributed by atoms with Gasteiger partial charge in [0.15, 0.2) is 0 Å². The molecule has 2 aromatic carbocycles. The van der Waals surface area contributed by atoms with Crippen molar-refractivity contribution in [3.05, 3.63) is 71.5 Å². The standard InChI is InChI=1S/C27H32N3O5P/c1-20(2)35-26-11-9-21(16-23(26)18-28)6-3-13-30-25-10-8-22(17-24(25)27-7-4-14-33-27)19-29-12-5-15-34-36(31)32/h4,7-11,14,16-17,20,29-30H,3,5-6,12-13,15,19H2,1-2H3/p+1. The molecule has 8 nitrogen and oxygen atoms in total. The third-order valence-corrected chi connectivity index (χ3v) is 5.79. The number of furan rings is 1. The summed E-state index contributed by atoms with van der Waals surface area (Å²) in [6, 6.07) is 18.1. The Kier molecular flexibility index (Phi) is 10.9. The average molecular weight is 511 g/mol. The quantitative estimate of drug-likeness (QED) is 0.174. The van der Waals surface area contributed by atoms with Crippen LogP contribution in [0.4, 0.5) is 5.69 Å². The molecule has 3 aromatic rings. The lowest BCUT2D eigenvalue weighted by molar-refractivity contribution is 0.241. The highest BCUT2D eigenvalue weighted by molar-refractivity contribution is 7.32. The fourth-order valence-corrected chi connectivity index (χ4v) is 4.04. The highest BCUT2D eigenvalue weighted by Crippen LogP contribution is 2.30. The molecule has 0 bridgehead atoms. The minimum absolute atomic E-state index is 0.0255. The SMILES string of the molecule is CC(C)Oc1ccc(CCCNc2ccc(CNCCCO[P+](=O)O)cc2-c2ccco2)cc1C#N. The van der Waals surface area contributed by atoms with Gasteiger partial charge in [0.25, 0.3) is 0 Å². The molecule has 1 unspecified atom stereocenters. The molecular weight excluding hydrogens is 477 g/mol. The molecule has 190 valence electrons. The minimum atomic E-state index is -2.53. The van der Waals surface area contributed by atoms with Gasteiger partial charge in [-0.2, -0.15) is 5.26 Å². The summed E-state index contributed by atoms with van der Waals surface area (Å²) in [4.78, 5) is 8.66. The topological polar surface area (TPSA) is 117 Å². The molecule has 0 aliphatic heterocycles. The van der Waals surface area contributed by atoms with Gasteiger partial charge < -0.3 is 19.8 Å². The van der Waals surface area contributed by atoms with Crippen LogP contribution in [0.25, 0.3) is 11.3 Å². The summed E-state index contributed by atoms with van der Waals surface area (Å²) in [6.45, 7) is 6.25. The highest BCUT2D eigenvalue weighted by Gasteiger charge is 2.12. The van der Waals surface area contributed by atoms with E-state index >= 15 is 0 Å². The van der Waals surface area contributed by atoms with Crippen molar-refractivity contribution >= 4 is 13.9 Å². The van der Waals surface area contributed by atoms with Gasteiger partial charge in [0.2, 0.25) is 0 Å². The van der Waals surface area contributed by atoms with Crippen LogP contribution in [0.15, 0.2) is 59.2 Å². The number of hydrogen-bond acceptors (Lipinski definition) is 7. The monoisotopic (exact) mass is 510 g/mol. The maximum absolute atomic E-state index is 10.5. The van der Waals surface area contributed by atoms with Crippen LogP contribution in [-0.4, -0.2) is 30.7 Å². The molecule has 1 heterocycles. The van der Waals surface area contributed by atoms with E-state index in [-0.39, 0.29) is 12.7 Å². The Labute approximate surface area is 213 Å². The Morgan fingerprint density at radius 1 is 1.11 bits per heavy atom. The lowest BCUT2D eigenvalue weighted by Crippen LogP contribution is -2.16. The molecule has 3 rings (SSSR count). The molecule has 36 heavy (non-hydrogen) atoms. The zero-order valence-corrected chi connectivity index (χ0v) is 21.6. The fraction of sp³-hybridized carbons (Fsp3) is 0.370. The van der Waals surface area contributed by atoms with Crippen LogP contribution < -0.4 is 15.4 Å². The van der Waals surface area contributed by atoms with Crippen LogP contribution in [0.3, 0.4) is 0 Å².